The Balaban J connectivity index is 1.89. The molecule has 5 nitrogen and oxygen atoms in total. The van der Waals surface area contributed by atoms with Crippen molar-refractivity contribution in [1.82, 2.24) is 5.32 Å². The second-order valence-electron chi connectivity index (χ2n) is 5.27. The van der Waals surface area contributed by atoms with Gasteiger partial charge >= 0.3 is 12.0 Å². The number of rotatable bonds is 4. The second kappa shape index (κ2) is 4.91. The summed E-state index contributed by atoms with van der Waals surface area (Å²) in [7, 11) is 0. The van der Waals surface area contributed by atoms with E-state index >= 15 is 0 Å². The zero-order valence-electron chi connectivity index (χ0n) is 11.1. The third-order valence-corrected chi connectivity index (χ3v) is 3.37. The van der Waals surface area contributed by atoms with Gasteiger partial charge in [0.1, 0.15) is 0 Å². The van der Waals surface area contributed by atoms with E-state index in [1.54, 1.807) is 0 Å². The average Bonchev–Trinajstić information content (AvgIpc) is 3.05. The summed E-state index contributed by atoms with van der Waals surface area (Å²) < 4.78 is 0. The molecule has 5 heteroatoms. The van der Waals surface area contributed by atoms with Crippen LogP contribution in [0.2, 0.25) is 0 Å². The minimum atomic E-state index is -0.834. The molecule has 0 unspecified atom stereocenters. The van der Waals surface area contributed by atoms with Gasteiger partial charge in [-0.3, -0.25) is 4.79 Å². The minimum Gasteiger partial charge on any atom is -0.481 e. The van der Waals surface area contributed by atoms with E-state index in [0.717, 1.165) is 16.8 Å². The number of anilines is 1. The molecule has 1 saturated carbocycles. The molecule has 3 N–H and O–H groups in total. The van der Waals surface area contributed by atoms with Crippen molar-refractivity contribution in [3.8, 4) is 0 Å². The summed E-state index contributed by atoms with van der Waals surface area (Å²) in [6.45, 7) is 4.10. The van der Waals surface area contributed by atoms with Crippen LogP contribution >= 0.6 is 0 Å². The van der Waals surface area contributed by atoms with Crippen molar-refractivity contribution in [2.75, 3.05) is 11.9 Å². The molecule has 1 aromatic carbocycles. The number of carbonyl (C=O) groups is 2. The molecule has 2 amide bonds. The van der Waals surface area contributed by atoms with Crippen LogP contribution in [0.4, 0.5) is 10.5 Å². The molecule has 1 aliphatic carbocycles. The number of carboxylic acids is 1. The molecule has 0 aromatic heterocycles. The number of carbonyl (C=O) groups excluding carboxylic acids is 1. The van der Waals surface area contributed by atoms with Gasteiger partial charge in [0.25, 0.3) is 0 Å². The van der Waals surface area contributed by atoms with Gasteiger partial charge in [0.05, 0.1) is 5.41 Å². The Morgan fingerprint density at radius 1 is 1.21 bits per heavy atom. The van der Waals surface area contributed by atoms with E-state index < -0.39 is 11.4 Å². The normalized spacial score (nSPS) is 15.7. The zero-order chi connectivity index (χ0) is 14.0. The number of benzene rings is 1. The SMILES string of the molecule is Cc1cc(C)cc(NC(=O)NCC2(C(=O)O)CC2)c1. The number of carboxylic acid groups (broad SMARTS) is 1. The quantitative estimate of drug-likeness (QED) is 0.779. The first-order chi connectivity index (χ1) is 8.91. The minimum absolute atomic E-state index is 0.180. The fraction of sp³-hybridized carbons (Fsp3) is 0.429. The second-order valence-corrected chi connectivity index (χ2v) is 5.27. The van der Waals surface area contributed by atoms with Gasteiger partial charge in [-0.05, 0) is 49.9 Å². The maximum atomic E-state index is 11.7. The Morgan fingerprint density at radius 2 is 1.79 bits per heavy atom. The van der Waals surface area contributed by atoms with E-state index in [9.17, 15) is 9.59 Å². The molecule has 0 atom stereocenters. The van der Waals surface area contributed by atoms with Gasteiger partial charge in [-0.2, -0.15) is 0 Å². The van der Waals surface area contributed by atoms with Crippen LogP contribution in [0, 0.1) is 19.3 Å². The lowest BCUT2D eigenvalue weighted by Crippen LogP contribution is -2.36. The molecule has 1 fully saturated rings. The van der Waals surface area contributed by atoms with E-state index in [4.69, 9.17) is 5.11 Å². The zero-order valence-corrected chi connectivity index (χ0v) is 11.1. The lowest BCUT2D eigenvalue weighted by Gasteiger charge is -2.12. The molecule has 2 rings (SSSR count). The van der Waals surface area contributed by atoms with E-state index in [2.05, 4.69) is 10.6 Å². The smallest absolute Gasteiger partial charge is 0.319 e. The summed E-state index contributed by atoms with van der Waals surface area (Å²) >= 11 is 0. The third-order valence-electron chi connectivity index (χ3n) is 3.37. The summed E-state index contributed by atoms with van der Waals surface area (Å²) in [5, 5.41) is 14.4. The molecular weight excluding hydrogens is 244 g/mol. The molecule has 0 aliphatic heterocycles. The Bertz CT molecular complexity index is 501. The highest BCUT2D eigenvalue weighted by Crippen LogP contribution is 2.45. The lowest BCUT2D eigenvalue weighted by molar-refractivity contribution is -0.143. The average molecular weight is 262 g/mol. The van der Waals surface area contributed by atoms with Gasteiger partial charge in [0.2, 0.25) is 0 Å². The predicted octanol–water partition coefficient (Wildman–Crippen LogP) is 2.29. The van der Waals surface area contributed by atoms with Crippen LogP contribution in [0.25, 0.3) is 0 Å². The largest absolute Gasteiger partial charge is 0.481 e. The van der Waals surface area contributed by atoms with Gasteiger partial charge in [-0.15, -0.1) is 0 Å². The topological polar surface area (TPSA) is 78.4 Å². The highest BCUT2D eigenvalue weighted by molar-refractivity contribution is 5.90. The van der Waals surface area contributed by atoms with Crippen LogP contribution in [-0.2, 0) is 4.79 Å². The molecule has 102 valence electrons. The molecule has 0 heterocycles. The number of amides is 2. The molecule has 1 aromatic rings. The first-order valence-corrected chi connectivity index (χ1v) is 6.28. The van der Waals surface area contributed by atoms with Gasteiger partial charge < -0.3 is 15.7 Å². The van der Waals surface area contributed by atoms with Crippen LogP contribution in [-0.4, -0.2) is 23.7 Å². The molecule has 0 bridgehead atoms. The van der Waals surface area contributed by atoms with E-state index in [1.165, 1.54) is 0 Å². The fourth-order valence-corrected chi connectivity index (χ4v) is 2.09. The summed E-state index contributed by atoms with van der Waals surface area (Å²) in [5.41, 5.74) is 2.12. The van der Waals surface area contributed by atoms with Gasteiger partial charge in [-0.1, -0.05) is 6.07 Å². The summed E-state index contributed by atoms with van der Waals surface area (Å²) in [5.74, 6) is -0.834. The van der Waals surface area contributed by atoms with Gasteiger partial charge in [0.15, 0.2) is 0 Å². The summed E-state index contributed by atoms with van der Waals surface area (Å²) in [4.78, 5) is 22.7. The number of hydrogen-bond donors (Lipinski definition) is 3. The van der Waals surface area contributed by atoms with Crippen molar-refractivity contribution in [1.29, 1.82) is 0 Å². The number of hydrogen-bond acceptors (Lipinski definition) is 2. The predicted molar refractivity (Wildman–Crippen MR) is 72.2 cm³/mol. The van der Waals surface area contributed by atoms with Crippen LogP contribution in [0.15, 0.2) is 18.2 Å². The Labute approximate surface area is 112 Å². The van der Waals surface area contributed by atoms with Crippen LogP contribution in [0.5, 0.6) is 0 Å². The number of nitrogens with one attached hydrogen (secondary N) is 2. The highest BCUT2D eigenvalue weighted by atomic mass is 16.4. The first kappa shape index (κ1) is 13.4. The Kier molecular flexibility index (Phi) is 3.46. The molecule has 19 heavy (non-hydrogen) atoms. The van der Waals surface area contributed by atoms with Gasteiger partial charge in [-0.25, -0.2) is 4.79 Å². The molecule has 0 spiro atoms. The summed E-state index contributed by atoms with van der Waals surface area (Å²) in [6, 6.07) is 5.40. The van der Waals surface area contributed by atoms with Crippen molar-refractivity contribution in [2.45, 2.75) is 26.7 Å². The monoisotopic (exact) mass is 262 g/mol. The number of urea groups is 1. The van der Waals surface area contributed by atoms with Crippen molar-refractivity contribution in [3.63, 3.8) is 0 Å². The summed E-state index contributed by atoms with van der Waals surface area (Å²) in [6.07, 6.45) is 1.26. The maximum absolute atomic E-state index is 11.7. The Morgan fingerprint density at radius 3 is 2.26 bits per heavy atom. The lowest BCUT2D eigenvalue weighted by atomic mass is 10.1. The number of aliphatic carboxylic acids is 1. The van der Waals surface area contributed by atoms with Crippen molar-refractivity contribution < 1.29 is 14.7 Å². The van der Waals surface area contributed by atoms with E-state index in [1.807, 2.05) is 32.0 Å². The fourth-order valence-electron chi connectivity index (χ4n) is 2.09. The number of aryl methyl sites for hydroxylation is 2. The molecule has 0 radical (unpaired) electrons. The van der Waals surface area contributed by atoms with Crippen molar-refractivity contribution >= 4 is 17.7 Å². The highest BCUT2D eigenvalue weighted by Gasteiger charge is 2.50. The van der Waals surface area contributed by atoms with Crippen LogP contribution in [0.3, 0.4) is 0 Å². The standard InChI is InChI=1S/C14H18N2O3/c1-9-5-10(2)7-11(6-9)16-13(19)15-8-14(3-4-14)12(17)18/h5-7H,3-4,8H2,1-2H3,(H,17,18)(H2,15,16,19). The van der Waals surface area contributed by atoms with Crippen LogP contribution in [0.1, 0.15) is 24.0 Å². The first-order valence-electron chi connectivity index (χ1n) is 6.28. The molecule has 1 aliphatic rings. The van der Waals surface area contributed by atoms with Crippen LogP contribution < -0.4 is 10.6 Å². The van der Waals surface area contributed by atoms with E-state index in [0.29, 0.717) is 12.8 Å². The van der Waals surface area contributed by atoms with E-state index in [-0.39, 0.29) is 12.6 Å². The van der Waals surface area contributed by atoms with Crippen molar-refractivity contribution in [2.24, 2.45) is 5.41 Å². The maximum Gasteiger partial charge on any atom is 0.319 e. The van der Waals surface area contributed by atoms with Crippen molar-refractivity contribution in [3.05, 3.63) is 29.3 Å². The molecule has 0 saturated heterocycles. The molecular formula is C14H18N2O3. The third kappa shape index (κ3) is 3.24. The van der Waals surface area contributed by atoms with Gasteiger partial charge in [0, 0.05) is 12.2 Å². The Hall–Kier alpha value is -2.04.